The number of aromatic nitrogens is 1. The van der Waals surface area contributed by atoms with E-state index in [-0.39, 0.29) is 12.1 Å². The van der Waals surface area contributed by atoms with E-state index in [0.717, 1.165) is 5.69 Å². The average Bonchev–Trinajstić information content (AvgIpc) is 2.26. The molecule has 1 aromatic heterocycles. The maximum atomic E-state index is 11.5. The second-order valence-electron chi connectivity index (χ2n) is 4.41. The first-order valence-electron chi connectivity index (χ1n) is 5.75. The SMILES string of the molecule is CC(C)C(C)NC(=O)NCc1cccc(N)n1. The number of nitrogen functional groups attached to an aromatic ring is 1. The lowest BCUT2D eigenvalue weighted by Crippen LogP contribution is -2.42. The Bertz CT molecular complexity index is 379. The van der Waals surface area contributed by atoms with Crippen LogP contribution in [0.5, 0.6) is 0 Å². The molecule has 1 atom stereocenters. The minimum atomic E-state index is -0.185. The number of nitrogens with zero attached hydrogens (tertiary/aromatic N) is 1. The van der Waals surface area contributed by atoms with E-state index in [1.54, 1.807) is 6.07 Å². The molecule has 1 rings (SSSR count). The molecule has 4 N–H and O–H groups in total. The van der Waals surface area contributed by atoms with Gasteiger partial charge in [0.25, 0.3) is 0 Å². The molecular formula is C12H20N4O. The van der Waals surface area contributed by atoms with E-state index >= 15 is 0 Å². The molecule has 0 aliphatic rings. The molecule has 5 nitrogen and oxygen atoms in total. The minimum absolute atomic E-state index is 0.142. The van der Waals surface area contributed by atoms with Gasteiger partial charge in [-0.3, -0.25) is 0 Å². The Kier molecular flexibility index (Phi) is 4.75. The summed E-state index contributed by atoms with van der Waals surface area (Å²) >= 11 is 0. The highest BCUT2D eigenvalue weighted by molar-refractivity contribution is 5.74. The van der Waals surface area contributed by atoms with Gasteiger partial charge in [-0.05, 0) is 25.0 Å². The van der Waals surface area contributed by atoms with Gasteiger partial charge in [0.1, 0.15) is 5.82 Å². The third-order valence-corrected chi connectivity index (χ3v) is 2.62. The molecule has 0 fully saturated rings. The standard InChI is InChI=1S/C12H20N4O/c1-8(2)9(3)15-12(17)14-7-10-5-4-6-11(13)16-10/h4-6,8-9H,7H2,1-3H3,(H2,13,16)(H2,14,15,17). The molecule has 1 heterocycles. The van der Waals surface area contributed by atoms with Gasteiger partial charge in [-0.1, -0.05) is 19.9 Å². The van der Waals surface area contributed by atoms with Crippen molar-refractivity contribution in [1.82, 2.24) is 15.6 Å². The molecule has 1 aromatic rings. The van der Waals surface area contributed by atoms with Gasteiger partial charge in [0.05, 0.1) is 12.2 Å². The lowest BCUT2D eigenvalue weighted by molar-refractivity contribution is 0.234. The number of nitrogens with one attached hydrogen (secondary N) is 2. The number of anilines is 1. The van der Waals surface area contributed by atoms with E-state index in [4.69, 9.17) is 5.73 Å². The quantitative estimate of drug-likeness (QED) is 0.741. The van der Waals surface area contributed by atoms with Gasteiger partial charge in [-0.2, -0.15) is 0 Å². The number of hydrogen-bond donors (Lipinski definition) is 3. The number of hydrogen-bond acceptors (Lipinski definition) is 3. The van der Waals surface area contributed by atoms with Crippen LogP contribution in [0, 0.1) is 5.92 Å². The molecule has 0 aliphatic heterocycles. The summed E-state index contributed by atoms with van der Waals surface area (Å²) in [5, 5.41) is 5.60. The molecule has 0 saturated carbocycles. The Hall–Kier alpha value is -1.78. The van der Waals surface area contributed by atoms with Crippen LogP contribution < -0.4 is 16.4 Å². The van der Waals surface area contributed by atoms with Crippen LogP contribution in [0.2, 0.25) is 0 Å². The van der Waals surface area contributed by atoms with Crippen LogP contribution in [-0.4, -0.2) is 17.1 Å². The zero-order chi connectivity index (χ0) is 12.8. The number of urea groups is 1. The van der Waals surface area contributed by atoms with E-state index in [9.17, 15) is 4.79 Å². The van der Waals surface area contributed by atoms with Gasteiger partial charge < -0.3 is 16.4 Å². The molecule has 17 heavy (non-hydrogen) atoms. The van der Waals surface area contributed by atoms with Gasteiger partial charge in [-0.15, -0.1) is 0 Å². The fourth-order valence-corrected chi connectivity index (χ4v) is 1.19. The Morgan fingerprint density at radius 3 is 2.71 bits per heavy atom. The molecule has 0 bridgehead atoms. The summed E-state index contributed by atoms with van der Waals surface area (Å²) < 4.78 is 0. The van der Waals surface area contributed by atoms with Crippen LogP contribution in [0.1, 0.15) is 26.5 Å². The lowest BCUT2D eigenvalue weighted by Gasteiger charge is -2.17. The Labute approximate surface area is 102 Å². The predicted octanol–water partition coefficient (Wildman–Crippen LogP) is 1.51. The largest absolute Gasteiger partial charge is 0.384 e. The zero-order valence-electron chi connectivity index (χ0n) is 10.5. The first-order valence-corrected chi connectivity index (χ1v) is 5.75. The summed E-state index contributed by atoms with van der Waals surface area (Å²) in [4.78, 5) is 15.6. The van der Waals surface area contributed by atoms with Crippen LogP contribution >= 0.6 is 0 Å². The van der Waals surface area contributed by atoms with E-state index < -0.39 is 0 Å². The average molecular weight is 236 g/mol. The molecule has 5 heteroatoms. The first-order chi connectivity index (χ1) is 7.99. The Morgan fingerprint density at radius 1 is 1.41 bits per heavy atom. The number of pyridine rings is 1. The van der Waals surface area contributed by atoms with Gasteiger partial charge in [0.2, 0.25) is 0 Å². The van der Waals surface area contributed by atoms with Crippen molar-refractivity contribution >= 4 is 11.8 Å². The van der Waals surface area contributed by atoms with Crippen LogP contribution in [0.15, 0.2) is 18.2 Å². The van der Waals surface area contributed by atoms with Gasteiger partial charge >= 0.3 is 6.03 Å². The van der Waals surface area contributed by atoms with Gasteiger partial charge in [0, 0.05) is 6.04 Å². The number of carbonyl (C=O) groups is 1. The maximum Gasteiger partial charge on any atom is 0.315 e. The fraction of sp³-hybridized carbons (Fsp3) is 0.500. The van der Waals surface area contributed by atoms with E-state index in [2.05, 4.69) is 29.5 Å². The maximum absolute atomic E-state index is 11.5. The summed E-state index contributed by atoms with van der Waals surface area (Å²) in [6.45, 7) is 6.47. The lowest BCUT2D eigenvalue weighted by atomic mass is 10.1. The van der Waals surface area contributed by atoms with Crippen LogP contribution in [0.3, 0.4) is 0 Å². The molecule has 94 valence electrons. The second-order valence-corrected chi connectivity index (χ2v) is 4.41. The van der Waals surface area contributed by atoms with Gasteiger partial charge in [-0.25, -0.2) is 9.78 Å². The molecular weight excluding hydrogens is 216 g/mol. The van der Waals surface area contributed by atoms with Crippen molar-refractivity contribution in [3.8, 4) is 0 Å². The highest BCUT2D eigenvalue weighted by atomic mass is 16.2. The molecule has 0 spiro atoms. The first kappa shape index (κ1) is 13.3. The van der Waals surface area contributed by atoms with E-state index in [0.29, 0.717) is 18.3 Å². The van der Waals surface area contributed by atoms with Crippen LogP contribution in [0.4, 0.5) is 10.6 Å². The van der Waals surface area contributed by atoms with Crippen molar-refractivity contribution in [2.24, 2.45) is 5.92 Å². The predicted molar refractivity (Wildman–Crippen MR) is 68.3 cm³/mol. The highest BCUT2D eigenvalue weighted by Gasteiger charge is 2.10. The summed E-state index contributed by atoms with van der Waals surface area (Å²) in [7, 11) is 0. The summed E-state index contributed by atoms with van der Waals surface area (Å²) in [6, 6.07) is 5.31. The summed E-state index contributed by atoms with van der Waals surface area (Å²) in [6.07, 6.45) is 0. The molecule has 0 aliphatic carbocycles. The third kappa shape index (κ3) is 4.72. The van der Waals surface area contributed by atoms with Crippen molar-refractivity contribution in [2.45, 2.75) is 33.4 Å². The zero-order valence-corrected chi connectivity index (χ0v) is 10.5. The third-order valence-electron chi connectivity index (χ3n) is 2.62. The van der Waals surface area contributed by atoms with Gasteiger partial charge in [0.15, 0.2) is 0 Å². The molecule has 1 unspecified atom stereocenters. The van der Waals surface area contributed by atoms with Crippen molar-refractivity contribution < 1.29 is 4.79 Å². The fourth-order valence-electron chi connectivity index (χ4n) is 1.19. The van der Waals surface area contributed by atoms with Crippen molar-refractivity contribution in [3.63, 3.8) is 0 Å². The summed E-state index contributed by atoms with van der Waals surface area (Å²) in [5.41, 5.74) is 6.29. The molecule has 0 aromatic carbocycles. The van der Waals surface area contributed by atoms with E-state index in [1.807, 2.05) is 19.1 Å². The van der Waals surface area contributed by atoms with Crippen molar-refractivity contribution in [3.05, 3.63) is 23.9 Å². The second kappa shape index (κ2) is 6.08. The van der Waals surface area contributed by atoms with E-state index in [1.165, 1.54) is 0 Å². The molecule has 0 saturated heterocycles. The number of rotatable bonds is 4. The Morgan fingerprint density at radius 2 is 2.12 bits per heavy atom. The monoisotopic (exact) mass is 236 g/mol. The number of nitrogens with two attached hydrogens (primary N) is 1. The normalized spacial score (nSPS) is 12.2. The van der Waals surface area contributed by atoms with Crippen LogP contribution in [0.25, 0.3) is 0 Å². The number of carbonyl (C=O) groups excluding carboxylic acids is 1. The Balaban J connectivity index is 2.38. The topological polar surface area (TPSA) is 80.0 Å². The van der Waals surface area contributed by atoms with Crippen LogP contribution in [-0.2, 0) is 6.54 Å². The minimum Gasteiger partial charge on any atom is -0.384 e. The molecule has 0 radical (unpaired) electrons. The van der Waals surface area contributed by atoms with Crippen molar-refractivity contribution in [2.75, 3.05) is 5.73 Å². The number of amides is 2. The molecule has 2 amide bonds. The summed E-state index contributed by atoms with van der Waals surface area (Å²) in [5.74, 6) is 0.867. The van der Waals surface area contributed by atoms with Crippen molar-refractivity contribution in [1.29, 1.82) is 0 Å². The smallest absolute Gasteiger partial charge is 0.315 e. The highest BCUT2D eigenvalue weighted by Crippen LogP contribution is 2.01.